The normalized spacial score (nSPS) is 11.7. The van der Waals surface area contributed by atoms with Crippen molar-refractivity contribution < 1.29 is 17.9 Å². The van der Waals surface area contributed by atoms with Crippen molar-refractivity contribution in [2.75, 3.05) is 20.7 Å². The maximum Gasteiger partial charge on any atom is 0.255 e. The number of hydrogen-bond acceptors (Lipinski definition) is 5. The Kier molecular flexibility index (Phi) is 7.11. The van der Waals surface area contributed by atoms with Gasteiger partial charge in [0.1, 0.15) is 5.75 Å². The van der Waals surface area contributed by atoms with E-state index in [9.17, 15) is 13.2 Å². The summed E-state index contributed by atoms with van der Waals surface area (Å²) >= 11 is 3.34. The van der Waals surface area contributed by atoms with Gasteiger partial charge in [-0.1, -0.05) is 28.1 Å². The molecule has 0 spiro atoms. The Balaban J connectivity index is 2.01. The van der Waals surface area contributed by atoms with Crippen LogP contribution >= 0.6 is 15.9 Å². The minimum Gasteiger partial charge on any atom is -0.496 e. The number of rotatable bonds is 7. The van der Waals surface area contributed by atoms with Crippen LogP contribution in [0.25, 0.3) is 0 Å². The van der Waals surface area contributed by atoms with E-state index < -0.39 is 15.9 Å². The summed E-state index contributed by atoms with van der Waals surface area (Å²) in [6, 6.07) is 11.9. The average molecular weight is 454 g/mol. The molecule has 0 aliphatic heterocycles. The molecule has 0 bridgehead atoms. The fourth-order valence-electron chi connectivity index (χ4n) is 2.28. The molecule has 0 saturated heterocycles. The van der Waals surface area contributed by atoms with Crippen LogP contribution in [-0.2, 0) is 14.8 Å². The van der Waals surface area contributed by atoms with Crippen LogP contribution in [0.15, 0.2) is 56.9 Å². The van der Waals surface area contributed by atoms with Crippen LogP contribution in [0.3, 0.4) is 0 Å². The topological polar surface area (TPSA) is 88.1 Å². The lowest BCUT2D eigenvalue weighted by molar-refractivity contribution is -0.121. The van der Waals surface area contributed by atoms with Gasteiger partial charge in [-0.25, -0.2) is 13.8 Å². The summed E-state index contributed by atoms with van der Waals surface area (Å²) in [5.41, 5.74) is 3.80. The number of carbonyl (C=O) groups is 1. The van der Waals surface area contributed by atoms with Crippen molar-refractivity contribution in [3.63, 3.8) is 0 Å². The molecule has 0 heterocycles. The van der Waals surface area contributed by atoms with Crippen LogP contribution in [0, 0.1) is 6.92 Å². The molecule has 27 heavy (non-hydrogen) atoms. The summed E-state index contributed by atoms with van der Waals surface area (Å²) in [7, 11) is -0.950. The molecule has 0 unspecified atom stereocenters. The Labute approximate surface area is 167 Å². The SMILES string of the molecule is COc1ccc(S(=O)(=O)N(C)CC(=O)NN=Cc2cccc(Br)c2)cc1C. The van der Waals surface area contributed by atoms with Crippen LogP contribution in [0.1, 0.15) is 11.1 Å². The Morgan fingerprint density at radius 2 is 2.04 bits per heavy atom. The van der Waals surface area contributed by atoms with Crippen LogP contribution in [0.4, 0.5) is 0 Å². The van der Waals surface area contributed by atoms with E-state index in [-0.39, 0.29) is 11.4 Å². The number of hydrogen-bond donors (Lipinski definition) is 1. The third kappa shape index (κ3) is 5.62. The quantitative estimate of drug-likeness (QED) is 0.515. The van der Waals surface area contributed by atoms with E-state index in [0.717, 1.165) is 14.3 Å². The first kappa shape index (κ1) is 21.1. The number of benzene rings is 2. The second-order valence-electron chi connectivity index (χ2n) is 5.74. The van der Waals surface area contributed by atoms with Crippen LogP contribution in [0.2, 0.25) is 0 Å². The molecule has 9 heteroatoms. The summed E-state index contributed by atoms with van der Waals surface area (Å²) in [4.78, 5) is 12.1. The number of methoxy groups -OCH3 is 1. The number of carbonyl (C=O) groups excluding carboxylic acids is 1. The van der Waals surface area contributed by atoms with E-state index in [4.69, 9.17) is 4.74 Å². The van der Waals surface area contributed by atoms with Gasteiger partial charge in [-0.3, -0.25) is 4.79 Å². The lowest BCUT2D eigenvalue weighted by Crippen LogP contribution is -2.36. The molecule has 0 aliphatic rings. The smallest absolute Gasteiger partial charge is 0.255 e. The molecular formula is C18H20BrN3O4S. The van der Waals surface area contributed by atoms with Crippen LogP contribution < -0.4 is 10.2 Å². The molecule has 1 N–H and O–H groups in total. The summed E-state index contributed by atoms with van der Waals surface area (Å²) in [6.45, 7) is 1.39. The van der Waals surface area contributed by atoms with Gasteiger partial charge in [0.15, 0.2) is 0 Å². The number of nitrogens with one attached hydrogen (secondary N) is 1. The number of ether oxygens (including phenoxy) is 1. The Hall–Kier alpha value is -2.23. The third-order valence-electron chi connectivity index (χ3n) is 3.69. The highest BCUT2D eigenvalue weighted by atomic mass is 79.9. The lowest BCUT2D eigenvalue weighted by atomic mass is 10.2. The highest BCUT2D eigenvalue weighted by molar-refractivity contribution is 9.10. The molecule has 2 rings (SSSR count). The number of sulfonamides is 1. The predicted octanol–water partition coefficient (Wildman–Crippen LogP) is 2.54. The van der Waals surface area contributed by atoms with Gasteiger partial charge in [0.2, 0.25) is 10.0 Å². The highest BCUT2D eigenvalue weighted by Gasteiger charge is 2.23. The Morgan fingerprint density at radius 1 is 1.30 bits per heavy atom. The summed E-state index contributed by atoms with van der Waals surface area (Å²) in [5, 5.41) is 3.84. The van der Waals surface area contributed by atoms with Crippen molar-refractivity contribution in [1.29, 1.82) is 0 Å². The standard InChI is InChI=1S/C18H20BrN3O4S/c1-13-9-16(7-8-17(13)26-3)27(24,25)22(2)12-18(23)21-20-11-14-5-4-6-15(19)10-14/h4-11H,12H2,1-3H3,(H,21,23). The zero-order valence-corrected chi connectivity index (χ0v) is 17.5. The second-order valence-corrected chi connectivity index (χ2v) is 8.70. The molecule has 0 atom stereocenters. The first-order valence-corrected chi connectivity index (χ1v) is 10.2. The maximum atomic E-state index is 12.6. The average Bonchev–Trinajstić information content (AvgIpc) is 2.61. The Morgan fingerprint density at radius 3 is 2.67 bits per heavy atom. The van der Waals surface area contributed by atoms with Crippen molar-refractivity contribution in [2.24, 2.45) is 5.10 Å². The highest BCUT2D eigenvalue weighted by Crippen LogP contribution is 2.23. The van der Waals surface area contributed by atoms with Gasteiger partial charge >= 0.3 is 0 Å². The predicted molar refractivity (Wildman–Crippen MR) is 107 cm³/mol. The molecule has 2 aromatic rings. The summed E-state index contributed by atoms with van der Waals surface area (Å²) in [5.74, 6) is 0.0498. The molecule has 0 fully saturated rings. The molecule has 0 aliphatic carbocycles. The number of likely N-dealkylation sites (N-methyl/N-ethyl adjacent to an activating group) is 1. The van der Waals surface area contributed by atoms with Crippen LogP contribution in [0.5, 0.6) is 5.75 Å². The van der Waals surface area contributed by atoms with E-state index in [1.54, 1.807) is 13.0 Å². The molecule has 144 valence electrons. The zero-order valence-electron chi connectivity index (χ0n) is 15.1. The number of amides is 1. The van der Waals surface area contributed by atoms with Gasteiger partial charge in [-0.15, -0.1) is 0 Å². The zero-order chi connectivity index (χ0) is 20.0. The van der Waals surface area contributed by atoms with Crippen molar-refractivity contribution in [3.8, 4) is 5.75 Å². The van der Waals surface area contributed by atoms with Crippen molar-refractivity contribution >= 4 is 38.1 Å². The first-order valence-electron chi connectivity index (χ1n) is 7.92. The Bertz CT molecular complexity index is 961. The molecule has 1 amide bonds. The van der Waals surface area contributed by atoms with E-state index >= 15 is 0 Å². The fourth-order valence-corrected chi connectivity index (χ4v) is 3.91. The van der Waals surface area contributed by atoms with E-state index in [0.29, 0.717) is 11.3 Å². The van der Waals surface area contributed by atoms with Crippen molar-refractivity contribution in [3.05, 3.63) is 58.1 Å². The maximum absolute atomic E-state index is 12.6. The number of nitrogens with zero attached hydrogens (tertiary/aromatic N) is 2. The number of hydrazone groups is 1. The van der Waals surface area contributed by atoms with Gasteiger partial charge < -0.3 is 4.74 Å². The molecular weight excluding hydrogens is 434 g/mol. The molecule has 2 aromatic carbocycles. The van der Waals surface area contributed by atoms with E-state index in [1.807, 2.05) is 24.3 Å². The number of aryl methyl sites for hydroxylation is 1. The first-order chi connectivity index (χ1) is 12.7. The summed E-state index contributed by atoms with van der Waals surface area (Å²) in [6.07, 6.45) is 1.48. The van der Waals surface area contributed by atoms with Gasteiger partial charge in [-0.05, 0) is 48.4 Å². The largest absolute Gasteiger partial charge is 0.496 e. The van der Waals surface area contributed by atoms with Crippen molar-refractivity contribution in [1.82, 2.24) is 9.73 Å². The van der Waals surface area contributed by atoms with Crippen LogP contribution in [-0.4, -0.2) is 45.5 Å². The lowest BCUT2D eigenvalue weighted by Gasteiger charge is -2.17. The minimum atomic E-state index is -3.81. The molecule has 7 nitrogen and oxygen atoms in total. The van der Waals surface area contributed by atoms with Crippen molar-refractivity contribution in [2.45, 2.75) is 11.8 Å². The van der Waals surface area contributed by atoms with Gasteiger partial charge in [0.25, 0.3) is 5.91 Å². The van der Waals surface area contributed by atoms with E-state index in [2.05, 4.69) is 26.5 Å². The monoisotopic (exact) mass is 453 g/mol. The van der Waals surface area contributed by atoms with Gasteiger partial charge in [-0.2, -0.15) is 9.41 Å². The minimum absolute atomic E-state index is 0.0914. The molecule has 0 saturated carbocycles. The summed E-state index contributed by atoms with van der Waals surface area (Å²) < 4.78 is 32.2. The van der Waals surface area contributed by atoms with Gasteiger partial charge in [0.05, 0.1) is 24.8 Å². The fraction of sp³-hybridized carbons (Fsp3) is 0.222. The number of halogens is 1. The second kappa shape index (κ2) is 9.12. The molecule has 0 radical (unpaired) electrons. The third-order valence-corrected chi connectivity index (χ3v) is 5.98. The van der Waals surface area contributed by atoms with Gasteiger partial charge in [0, 0.05) is 11.5 Å². The molecule has 0 aromatic heterocycles. The van der Waals surface area contributed by atoms with E-state index in [1.165, 1.54) is 32.5 Å².